The second kappa shape index (κ2) is 32.0. The summed E-state index contributed by atoms with van der Waals surface area (Å²) < 4.78 is 8.76. The van der Waals surface area contributed by atoms with E-state index in [0.717, 1.165) is 38.8 Å². The molecule has 0 bridgehead atoms. The molecule has 0 N–H and O–H groups in total. The minimum absolute atomic E-state index is 0. The zero-order chi connectivity index (χ0) is 19.9. The predicted molar refractivity (Wildman–Crippen MR) is 101 cm³/mol. The van der Waals surface area contributed by atoms with E-state index in [4.69, 9.17) is 0 Å². The molecule has 0 aliphatic carbocycles. The van der Waals surface area contributed by atoms with Gasteiger partial charge >= 0.3 is 46.9 Å². The van der Waals surface area contributed by atoms with Gasteiger partial charge in [0.05, 0.1) is 0 Å². The molecular weight excluding hydrogens is 390 g/mol. The second-order valence-corrected chi connectivity index (χ2v) is 5.57. The van der Waals surface area contributed by atoms with Gasteiger partial charge < -0.3 is 39.9 Å². The Morgan fingerprint density at radius 3 is 1.32 bits per heavy atom. The normalized spacial score (nSPS) is 15.4. The number of hydrogen-bond donors (Lipinski definition) is 0. The zero-order valence-electron chi connectivity index (χ0n) is 17.8. The van der Waals surface area contributed by atoms with E-state index in [2.05, 4.69) is 19.5 Å². The van der Waals surface area contributed by atoms with Crippen molar-refractivity contribution in [3.8, 4) is 0 Å². The van der Waals surface area contributed by atoms with Crippen molar-refractivity contribution in [3.63, 3.8) is 0 Å². The van der Waals surface area contributed by atoms with Gasteiger partial charge in [-0.25, -0.2) is 0 Å². The number of methoxy groups -OCH3 is 2. The molecule has 28 heavy (non-hydrogen) atoms. The van der Waals surface area contributed by atoms with Crippen LogP contribution in [0.15, 0.2) is 9.98 Å². The quantitative estimate of drug-likeness (QED) is 0.416. The van der Waals surface area contributed by atoms with Crippen LogP contribution < -0.4 is 50.0 Å². The molecule has 0 aromatic carbocycles. The Morgan fingerprint density at radius 2 is 1.07 bits per heavy atom. The zero-order valence-corrected chi connectivity index (χ0v) is 21.0. The molecule has 156 valence electrons. The summed E-state index contributed by atoms with van der Waals surface area (Å²) in [5, 5.41) is 39.8. The van der Waals surface area contributed by atoms with Crippen molar-refractivity contribution in [1.29, 1.82) is 0 Å². The number of ether oxygens (including phenoxy) is 2. The minimum Gasteiger partial charge on any atom is -0.862 e. The summed E-state index contributed by atoms with van der Waals surface area (Å²) in [4.78, 5) is 7.57. The van der Waals surface area contributed by atoms with Crippen molar-refractivity contribution in [2.24, 2.45) is 9.98 Å². The van der Waals surface area contributed by atoms with Crippen LogP contribution in [0.2, 0.25) is 0 Å². The maximum atomic E-state index is 10.5. The predicted octanol–water partition coefficient (Wildman–Crippen LogP) is -4.75. The summed E-state index contributed by atoms with van der Waals surface area (Å²) in [5.74, 6) is 0.199. The summed E-state index contributed by atoms with van der Waals surface area (Å²) in [7, 11) is 3.02. The molecule has 10 heteroatoms. The van der Waals surface area contributed by atoms with Crippen molar-refractivity contribution < 1.29 is 59.5 Å². The first-order chi connectivity index (χ1) is 12.6. The number of rotatable bonds is 4. The third kappa shape index (κ3) is 33.9. The van der Waals surface area contributed by atoms with Crippen LogP contribution in [0, 0.1) is 0 Å². The van der Waals surface area contributed by atoms with Gasteiger partial charge in [0.15, 0.2) is 0 Å². The van der Waals surface area contributed by atoms with Crippen LogP contribution in [0.4, 0.5) is 0 Å². The molecular formula is C18H34AlN2NaO6. The van der Waals surface area contributed by atoms with Crippen LogP contribution in [0.5, 0.6) is 0 Å². The molecule has 0 unspecified atom stereocenters. The first-order valence-corrected chi connectivity index (χ1v) is 9.17. The average Bonchev–Trinajstić information content (AvgIpc) is 3.02. The smallest absolute Gasteiger partial charge is 0.862 e. The van der Waals surface area contributed by atoms with E-state index >= 15 is 0 Å². The number of hydrogen-bond acceptors (Lipinski definition) is 8. The molecule has 2 aliphatic rings. The van der Waals surface area contributed by atoms with Crippen molar-refractivity contribution in [3.05, 3.63) is 0 Å². The SMILES string of the molecule is COCC[O-].COCC[O-].[Al+3].[Na+].[O-]C1=NCCCCC1.[O-]C1=NCCCCC1. The van der Waals surface area contributed by atoms with Gasteiger partial charge in [0.1, 0.15) is 0 Å². The monoisotopic (exact) mass is 424 g/mol. The molecule has 0 radical (unpaired) electrons. The molecule has 0 saturated carbocycles. The van der Waals surface area contributed by atoms with E-state index in [1.165, 1.54) is 27.1 Å². The van der Waals surface area contributed by atoms with Crippen LogP contribution in [-0.4, -0.2) is 82.9 Å². The van der Waals surface area contributed by atoms with E-state index < -0.39 is 0 Å². The average molecular weight is 424 g/mol. The third-order valence-corrected chi connectivity index (χ3v) is 3.25. The van der Waals surface area contributed by atoms with E-state index in [1.54, 1.807) is 0 Å². The van der Waals surface area contributed by atoms with Gasteiger partial charge in [-0.3, -0.25) is 0 Å². The molecule has 0 spiro atoms. The molecule has 0 saturated heterocycles. The number of nitrogens with zero attached hydrogens (tertiary/aromatic N) is 2. The fourth-order valence-electron chi connectivity index (χ4n) is 1.86. The molecule has 0 aromatic rings. The van der Waals surface area contributed by atoms with Crippen LogP contribution in [0.1, 0.15) is 51.4 Å². The van der Waals surface area contributed by atoms with Gasteiger partial charge in [0.25, 0.3) is 0 Å². The van der Waals surface area contributed by atoms with Gasteiger partial charge in [0, 0.05) is 40.5 Å². The van der Waals surface area contributed by atoms with Gasteiger partial charge in [0.2, 0.25) is 0 Å². The third-order valence-electron chi connectivity index (χ3n) is 3.25. The van der Waals surface area contributed by atoms with Crippen LogP contribution in [-0.2, 0) is 9.47 Å². The molecule has 2 rings (SSSR count). The van der Waals surface area contributed by atoms with Crippen molar-refractivity contribution >= 4 is 29.2 Å². The van der Waals surface area contributed by atoms with E-state index in [1.807, 2.05) is 0 Å². The fourth-order valence-corrected chi connectivity index (χ4v) is 1.86. The van der Waals surface area contributed by atoms with Crippen molar-refractivity contribution in [2.45, 2.75) is 51.4 Å². The van der Waals surface area contributed by atoms with Gasteiger partial charge in [-0.1, -0.05) is 12.8 Å². The van der Waals surface area contributed by atoms with Crippen molar-refractivity contribution in [2.75, 3.05) is 53.7 Å². The largest absolute Gasteiger partial charge is 3.00 e. The number of aliphatic imine (C=N–C) groups is 2. The van der Waals surface area contributed by atoms with Crippen LogP contribution in [0.3, 0.4) is 0 Å². The Kier molecular flexibility index (Phi) is 40.8. The summed E-state index contributed by atoms with van der Waals surface area (Å²) in [6.07, 6.45) is 8.01. The van der Waals surface area contributed by atoms with Crippen LogP contribution >= 0.6 is 0 Å². The Labute approximate surface area is 202 Å². The Morgan fingerprint density at radius 1 is 0.714 bits per heavy atom. The van der Waals surface area contributed by atoms with Crippen LogP contribution in [0.25, 0.3) is 0 Å². The summed E-state index contributed by atoms with van der Waals surface area (Å²) in [6, 6.07) is 0. The van der Waals surface area contributed by atoms with E-state index in [9.17, 15) is 20.4 Å². The Hall–Kier alpha value is 0.312. The first kappa shape index (κ1) is 35.7. The molecule has 0 amide bonds. The Balaban J connectivity index is -0.000000138. The Bertz CT molecular complexity index is 314. The molecule has 8 nitrogen and oxygen atoms in total. The van der Waals surface area contributed by atoms with Gasteiger partial charge in [-0.2, -0.15) is 0 Å². The molecule has 0 fully saturated rings. The van der Waals surface area contributed by atoms with E-state index in [-0.39, 0.29) is 71.9 Å². The maximum absolute atomic E-state index is 10.5. The topological polar surface area (TPSA) is 135 Å². The minimum atomic E-state index is -0.128. The standard InChI is InChI=1S/2C6H11NO.2C3H7O2.Al.Na/c2*8-6-4-2-1-3-5-7-6;2*1-5-3-2-4;;/h2*1-5H2,(H,7,8);2*2-3H2,1H3;;/q;;2*-1;+3;+1/p-2. The summed E-state index contributed by atoms with van der Waals surface area (Å²) >= 11 is 0. The molecule has 0 atom stereocenters. The second-order valence-electron chi connectivity index (χ2n) is 5.57. The van der Waals surface area contributed by atoms with Gasteiger partial charge in [-0.15, -0.1) is 13.2 Å². The maximum Gasteiger partial charge on any atom is 3.00 e. The fraction of sp³-hybridized carbons (Fsp3) is 0.889. The summed E-state index contributed by atoms with van der Waals surface area (Å²) in [6.45, 7) is 1.94. The first-order valence-electron chi connectivity index (χ1n) is 9.17. The summed E-state index contributed by atoms with van der Waals surface area (Å²) in [5.41, 5.74) is 0. The molecule has 2 aliphatic heterocycles. The molecule has 2 heterocycles. The van der Waals surface area contributed by atoms with Crippen molar-refractivity contribution in [1.82, 2.24) is 0 Å². The van der Waals surface area contributed by atoms with E-state index in [0.29, 0.717) is 26.1 Å². The molecule has 0 aromatic heterocycles. The van der Waals surface area contributed by atoms with Gasteiger partial charge in [-0.05, 0) is 50.3 Å².